The van der Waals surface area contributed by atoms with E-state index in [-0.39, 0.29) is 5.91 Å². The van der Waals surface area contributed by atoms with Gasteiger partial charge in [-0.25, -0.2) is 0 Å². The van der Waals surface area contributed by atoms with Crippen LogP contribution in [-0.2, 0) is 0 Å². The van der Waals surface area contributed by atoms with Gasteiger partial charge in [0.05, 0.1) is 8.66 Å². The van der Waals surface area contributed by atoms with Gasteiger partial charge in [0.1, 0.15) is 0 Å². The van der Waals surface area contributed by atoms with Gasteiger partial charge >= 0.3 is 0 Å². The number of amides is 1. The van der Waals surface area contributed by atoms with Crippen LogP contribution in [0.3, 0.4) is 0 Å². The average molecular weight is 352 g/mol. The fraction of sp³-hybridized carbons (Fsp3) is 0.312. The summed E-state index contributed by atoms with van der Waals surface area (Å²) in [6.45, 7) is 8.29. The van der Waals surface area contributed by atoms with Crippen LogP contribution < -0.4 is 5.32 Å². The minimum atomic E-state index is -0.0417. The molecule has 0 saturated carbocycles. The van der Waals surface area contributed by atoms with Gasteiger partial charge in [-0.2, -0.15) is 0 Å². The highest BCUT2D eigenvalue weighted by Gasteiger charge is 2.15. The van der Waals surface area contributed by atoms with Crippen LogP contribution in [0.4, 0.5) is 5.69 Å². The molecule has 0 fully saturated rings. The monoisotopic (exact) mass is 351 g/mol. The van der Waals surface area contributed by atoms with Gasteiger partial charge in [0.25, 0.3) is 5.91 Å². The lowest BCUT2D eigenvalue weighted by atomic mass is 9.98. The number of nitrogens with one attached hydrogen (secondary N) is 1. The minimum absolute atomic E-state index is 0.0417. The van der Waals surface area contributed by atoms with Crippen molar-refractivity contribution >= 4 is 38.9 Å². The summed E-state index contributed by atoms with van der Waals surface area (Å²) >= 11 is 4.93. The molecule has 0 spiro atoms. The van der Waals surface area contributed by atoms with E-state index in [1.165, 1.54) is 16.9 Å². The first-order valence-electron chi connectivity index (χ1n) is 6.57. The van der Waals surface area contributed by atoms with E-state index in [0.717, 1.165) is 25.5 Å². The van der Waals surface area contributed by atoms with Crippen LogP contribution in [-0.4, -0.2) is 5.91 Å². The predicted molar refractivity (Wildman–Crippen MR) is 90.0 cm³/mol. The fourth-order valence-electron chi connectivity index (χ4n) is 2.09. The molecule has 0 saturated heterocycles. The van der Waals surface area contributed by atoms with Crippen LogP contribution in [0.15, 0.2) is 28.1 Å². The lowest BCUT2D eigenvalue weighted by Gasteiger charge is -2.16. The van der Waals surface area contributed by atoms with Crippen LogP contribution in [0.1, 0.15) is 46.1 Å². The summed E-state index contributed by atoms with van der Waals surface area (Å²) in [6.07, 6.45) is 0. The summed E-state index contributed by atoms with van der Waals surface area (Å²) < 4.78 is 1.01. The number of thiophene rings is 1. The number of hydrogen-bond donors (Lipinski definition) is 1. The Hall–Kier alpha value is -1.13. The van der Waals surface area contributed by atoms with Crippen molar-refractivity contribution in [1.29, 1.82) is 0 Å². The molecule has 1 N–H and O–H groups in total. The third kappa shape index (κ3) is 3.13. The maximum absolute atomic E-state index is 12.4. The number of rotatable bonds is 3. The van der Waals surface area contributed by atoms with Crippen LogP contribution in [0.5, 0.6) is 0 Å². The third-order valence-corrected chi connectivity index (χ3v) is 5.38. The van der Waals surface area contributed by atoms with Gasteiger partial charge in [0.15, 0.2) is 0 Å². The van der Waals surface area contributed by atoms with E-state index >= 15 is 0 Å². The highest BCUT2D eigenvalue weighted by Crippen LogP contribution is 2.31. The van der Waals surface area contributed by atoms with Crippen molar-refractivity contribution in [3.05, 3.63) is 49.6 Å². The molecule has 4 heteroatoms. The number of aryl methyl sites for hydroxylation is 2. The van der Waals surface area contributed by atoms with E-state index in [0.29, 0.717) is 5.92 Å². The van der Waals surface area contributed by atoms with E-state index in [4.69, 9.17) is 0 Å². The standard InChI is InChI=1S/C16H18BrNOS/c1-9(2)12-7-5-6-10(3)14(12)18-16(19)13-8-11(4)15(17)20-13/h5-9H,1-4H3,(H,18,19). The quantitative estimate of drug-likeness (QED) is 0.776. The average Bonchev–Trinajstić information content (AvgIpc) is 2.72. The molecule has 2 aromatic rings. The zero-order valence-electron chi connectivity index (χ0n) is 12.1. The second-order valence-corrected chi connectivity index (χ2v) is 7.59. The normalized spacial score (nSPS) is 10.9. The van der Waals surface area contributed by atoms with Crippen molar-refractivity contribution in [2.45, 2.75) is 33.6 Å². The van der Waals surface area contributed by atoms with Crippen LogP contribution >= 0.6 is 27.3 Å². The maximum atomic E-state index is 12.4. The molecule has 1 heterocycles. The number of benzene rings is 1. The lowest BCUT2D eigenvalue weighted by molar-refractivity contribution is 0.103. The molecule has 0 aliphatic carbocycles. The molecule has 2 nitrogen and oxygen atoms in total. The Morgan fingerprint density at radius 2 is 1.95 bits per heavy atom. The van der Waals surface area contributed by atoms with Crippen LogP contribution in [0, 0.1) is 13.8 Å². The number of carbonyl (C=O) groups excluding carboxylic acids is 1. The Balaban J connectivity index is 2.32. The number of hydrogen-bond acceptors (Lipinski definition) is 2. The van der Waals surface area contributed by atoms with E-state index in [9.17, 15) is 4.79 Å². The van der Waals surface area contributed by atoms with Gasteiger partial charge in [-0.3, -0.25) is 4.79 Å². The summed E-state index contributed by atoms with van der Waals surface area (Å²) in [5, 5.41) is 3.07. The van der Waals surface area contributed by atoms with Gasteiger partial charge in [-0.05, 0) is 58.5 Å². The molecule has 0 unspecified atom stereocenters. The molecule has 0 radical (unpaired) electrons. The largest absolute Gasteiger partial charge is 0.321 e. The Morgan fingerprint density at radius 1 is 1.25 bits per heavy atom. The second-order valence-electron chi connectivity index (χ2n) is 5.22. The van der Waals surface area contributed by atoms with Crippen molar-refractivity contribution in [3.8, 4) is 0 Å². The third-order valence-electron chi connectivity index (χ3n) is 3.25. The van der Waals surface area contributed by atoms with Gasteiger partial charge in [0, 0.05) is 5.69 Å². The summed E-state index contributed by atoms with van der Waals surface area (Å²) in [5.74, 6) is 0.335. The highest BCUT2D eigenvalue weighted by molar-refractivity contribution is 9.11. The van der Waals surface area contributed by atoms with Crippen molar-refractivity contribution in [2.75, 3.05) is 5.32 Å². The molecule has 0 aliphatic heterocycles. The molecule has 1 aromatic carbocycles. The number of halogens is 1. The molecule has 0 aliphatic rings. The summed E-state index contributed by atoms with van der Waals surface area (Å²) in [6, 6.07) is 8.05. The first kappa shape index (κ1) is 15.3. The summed E-state index contributed by atoms with van der Waals surface area (Å²) in [5.41, 5.74) is 4.30. The SMILES string of the molecule is Cc1cc(C(=O)Nc2c(C)cccc2C(C)C)sc1Br. The second kappa shape index (κ2) is 6.10. The number of carbonyl (C=O) groups is 1. The Morgan fingerprint density at radius 3 is 2.50 bits per heavy atom. The van der Waals surface area contributed by atoms with Crippen molar-refractivity contribution in [3.63, 3.8) is 0 Å². The zero-order valence-corrected chi connectivity index (χ0v) is 14.5. The first-order chi connectivity index (χ1) is 9.40. The van der Waals surface area contributed by atoms with Crippen molar-refractivity contribution < 1.29 is 4.79 Å². The Labute approximate surface area is 132 Å². The van der Waals surface area contributed by atoms with E-state index in [1.807, 2.05) is 32.0 Å². The van der Waals surface area contributed by atoms with Crippen LogP contribution in [0.2, 0.25) is 0 Å². The van der Waals surface area contributed by atoms with Gasteiger partial charge < -0.3 is 5.32 Å². The molecule has 0 atom stereocenters. The molecule has 1 aromatic heterocycles. The lowest BCUT2D eigenvalue weighted by Crippen LogP contribution is -2.13. The first-order valence-corrected chi connectivity index (χ1v) is 8.18. The van der Waals surface area contributed by atoms with Gasteiger partial charge in [-0.1, -0.05) is 32.0 Å². The fourth-order valence-corrected chi connectivity index (χ4v) is 3.52. The zero-order chi connectivity index (χ0) is 14.9. The van der Waals surface area contributed by atoms with Crippen LogP contribution in [0.25, 0.3) is 0 Å². The van der Waals surface area contributed by atoms with Gasteiger partial charge in [0.2, 0.25) is 0 Å². The molecular weight excluding hydrogens is 334 g/mol. The van der Waals surface area contributed by atoms with Crippen molar-refractivity contribution in [1.82, 2.24) is 0 Å². The highest BCUT2D eigenvalue weighted by atomic mass is 79.9. The molecule has 106 valence electrons. The maximum Gasteiger partial charge on any atom is 0.265 e. The van der Waals surface area contributed by atoms with E-state index < -0.39 is 0 Å². The van der Waals surface area contributed by atoms with E-state index in [2.05, 4.69) is 41.2 Å². The molecule has 2 rings (SSSR count). The van der Waals surface area contributed by atoms with Gasteiger partial charge in [-0.15, -0.1) is 11.3 Å². The van der Waals surface area contributed by atoms with E-state index in [1.54, 1.807) is 0 Å². The molecular formula is C16H18BrNOS. The predicted octanol–water partition coefficient (Wildman–Crippen LogP) is 5.50. The summed E-state index contributed by atoms with van der Waals surface area (Å²) in [4.78, 5) is 13.1. The van der Waals surface area contributed by atoms with Crippen molar-refractivity contribution in [2.24, 2.45) is 0 Å². The Kier molecular flexibility index (Phi) is 4.66. The smallest absolute Gasteiger partial charge is 0.265 e. The minimum Gasteiger partial charge on any atom is -0.321 e. The molecule has 20 heavy (non-hydrogen) atoms. The molecule has 1 amide bonds. The number of para-hydroxylation sites is 1. The number of anilines is 1. The summed E-state index contributed by atoms with van der Waals surface area (Å²) in [7, 11) is 0. The topological polar surface area (TPSA) is 29.1 Å². The Bertz CT molecular complexity index is 626. The molecule has 0 bridgehead atoms.